The molecule has 1 saturated heterocycles. The first-order valence-electron chi connectivity index (χ1n) is 16.6. The van der Waals surface area contributed by atoms with Gasteiger partial charge in [-0.2, -0.15) is 0 Å². The largest absolute Gasteiger partial charge is 0.346 e. The molecule has 2 saturated carbocycles. The summed E-state index contributed by atoms with van der Waals surface area (Å²) in [6.07, 6.45) is 10.6. The Hall–Kier alpha value is -3.40. The molecule has 3 rings (SSSR count). The molecule has 5 amide bonds. The van der Waals surface area contributed by atoms with Crippen LogP contribution in [0.5, 0.6) is 0 Å². The summed E-state index contributed by atoms with van der Waals surface area (Å²) in [5.74, 6) is -0.667. The second-order valence-electron chi connectivity index (χ2n) is 15.0. The molecule has 1 aliphatic heterocycles. The van der Waals surface area contributed by atoms with E-state index in [1.165, 1.54) is 11.0 Å². The second kappa shape index (κ2) is 14.8. The van der Waals surface area contributed by atoms with E-state index in [0.717, 1.165) is 19.3 Å². The highest BCUT2D eigenvalue weighted by Gasteiger charge is 2.70. The Morgan fingerprint density at radius 1 is 1.09 bits per heavy atom. The van der Waals surface area contributed by atoms with Gasteiger partial charge in [0.1, 0.15) is 12.1 Å². The predicted octanol–water partition coefficient (Wildman–Crippen LogP) is 2.09. The summed E-state index contributed by atoms with van der Waals surface area (Å²) < 4.78 is 25.3. The van der Waals surface area contributed by atoms with Crippen molar-refractivity contribution >= 4 is 39.4 Å². The molecule has 3 aliphatic rings. The van der Waals surface area contributed by atoms with E-state index in [1.54, 1.807) is 27.7 Å². The highest BCUT2D eigenvalue weighted by atomic mass is 32.2. The monoisotopic (exact) mass is 675 g/mol. The van der Waals surface area contributed by atoms with Gasteiger partial charge in [0.05, 0.1) is 17.3 Å². The molecule has 2 aliphatic carbocycles. The number of urea groups is 1. The van der Waals surface area contributed by atoms with Gasteiger partial charge in [0.25, 0.3) is 5.91 Å². The maximum atomic E-state index is 14.3. The summed E-state index contributed by atoms with van der Waals surface area (Å²) in [7, 11) is -3.40. The fourth-order valence-corrected chi connectivity index (χ4v) is 8.66. The quantitative estimate of drug-likeness (QED) is 0.124. The summed E-state index contributed by atoms with van der Waals surface area (Å²) in [6.45, 7) is 14.9. The zero-order valence-corrected chi connectivity index (χ0v) is 29.6. The number of Topliss-reactive ketones (excluding diaryl/α,β-unsaturated/α-hetero) is 1. The zero-order chi connectivity index (χ0) is 35.4. The van der Waals surface area contributed by atoms with E-state index in [-0.39, 0.29) is 54.7 Å². The van der Waals surface area contributed by atoms with Crippen molar-refractivity contribution in [1.29, 1.82) is 0 Å². The molecule has 0 radical (unpaired) electrons. The van der Waals surface area contributed by atoms with Crippen LogP contribution in [0, 0.1) is 35.0 Å². The van der Waals surface area contributed by atoms with Gasteiger partial charge in [0.2, 0.25) is 17.6 Å². The Labute approximate surface area is 279 Å². The third kappa shape index (κ3) is 8.95. The summed E-state index contributed by atoms with van der Waals surface area (Å²) in [6, 6.07) is -3.81. The molecule has 0 aromatic rings. The lowest BCUT2D eigenvalue weighted by Crippen LogP contribution is -2.64. The minimum absolute atomic E-state index is 0.0251. The fourth-order valence-electron chi connectivity index (χ4n) is 7.26. The fraction of sp³-hybridized carbons (Fsp3) is 0.735. The Morgan fingerprint density at radius 2 is 1.72 bits per heavy atom. The second-order valence-corrected chi connectivity index (χ2v) is 17.3. The van der Waals surface area contributed by atoms with Gasteiger partial charge in [-0.15, -0.1) is 18.9 Å². The number of carbonyl (C=O) groups excluding carboxylic acids is 5. The molecule has 47 heavy (non-hydrogen) atoms. The molecule has 3 fully saturated rings. The van der Waals surface area contributed by atoms with Crippen LogP contribution in [0.4, 0.5) is 4.79 Å². The van der Waals surface area contributed by atoms with Gasteiger partial charge in [-0.1, -0.05) is 66.9 Å². The van der Waals surface area contributed by atoms with E-state index >= 15 is 0 Å². The molecule has 2 unspecified atom stereocenters. The van der Waals surface area contributed by atoms with Gasteiger partial charge in [0, 0.05) is 25.3 Å². The maximum Gasteiger partial charge on any atom is 0.315 e. The van der Waals surface area contributed by atoms with E-state index in [4.69, 9.17) is 6.42 Å². The SMILES string of the molecule is C#CCCC(NC(=O)[C@@H]1[C@H]2C(CN1C(=O)[C@@H](NC(=O)NC1(CS(=O)(=O)CC)CCCCC1)C(C)(C)C)C2(C)C)C(=O)C(=O)NCC=C. The number of likely N-dealkylation sites (tertiary alicyclic amines) is 1. The number of amides is 5. The van der Waals surface area contributed by atoms with Crippen LogP contribution in [0.25, 0.3) is 0 Å². The number of ketones is 1. The number of carbonyl (C=O) groups is 5. The van der Waals surface area contributed by atoms with Crippen molar-refractivity contribution in [3.8, 4) is 12.3 Å². The lowest BCUT2D eigenvalue weighted by molar-refractivity contribution is -0.145. The lowest BCUT2D eigenvalue weighted by atomic mass is 9.83. The summed E-state index contributed by atoms with van der Waals surface area (Å²) in [5, 5.41) is 10.9. The van der Waals surface area contributed by atoms with E-state index in [0.29, 0.717) is 12.8 Å². The van der Waals surface area contributed by atoms with Crippen molar-refractivity contribution in [2.24, 2.45) is 22.7 Å². The Morgan fingerprint density at radius 3 is 2.28 bits per heavy atom. The van der Waals surface area contributed by atoms with Crippen LogP contribution >= 0.6 is 0 Å². The predicted molar refractivity (Wildman–Crippen MR) is 180 cm³/mol. The van der Waals surface area contributed by atoms with Crippen molar-refractivity contribution in [1.82, 2.24) is 26.2 Å². The number of piperidine rings is 1. The van der Waals surface area contributed by atoms with Gasteiger partial charge >= 0.3 is 6.03 Å². The van der Waals surface area contributed by atoms with Gasteiger partial charge in [-0.05, 0) is 41.9 Å². The summed E-state index contributed by atoms with van der Waals surface area (Å²) in [5.41, 5.74) is -1.94. The number of sulfone groups is 1. The van der Waals surface area contributed by atoms with Crippen LogP contribution in [0.2, 0.25) is 0 Å². The molecule has 0 aromatic carbocycles. The average Bonchev–Trinajstić information content (AvgIpc) is 3.30. The number of hydrogen-bond acceptors (Lipinski definition) is 7. The minimum Gasteiger partial charge on any atom is -0.346 e. The molecular weight excluding hydrogens is 622 g/mol. The van der Waals surface area contributed by atoms with E-state index in [9.17, 15) is 32.4 Å². The smallest absolute Gasteiger partial charge is 0.315 e. The van der Waals surface area contributed by atoms with Gasteiger partial charge in [0.15, 0.2) is 9.84 Å². The number of rotatable bonds is 14. The van der Waals surface area contributed by atoms with E-state index in [2.05, 4.69) is 33.8 Å². The van der Waals surface area contributed by atoms with Crippen LogP contribution in [0.3, 0.4) is 0 Å². The average molecular weight is 676 g/mol. The molecular formula is C34H53N5O7S. The first-order valence-corrected chi connectivity index (χ1v) is 18.4. The molecule has 4 N–H and O–H groups in total. The van der Waals surface area contributed by atoms with Crippen LogP contribution in [0.15, 0.2) is 12.7 Å². The first kappa shape index (κ1) is 38.1. The topological polar surface area (TPSA) is 171 Å². The van der Waals surface area contributed by atoms with Crippen molar-refractivity contribution in [2.75, 3.05) is 24.6 Å². The van der Waals surface area contributed by atoms with E-state index in [1.807, 2.05) is 13.8 Å². The Bertz CT molecular complexity index is 1390. The summed E-state index contributed by atoms with van der Waals surface area (Å²) >= 11 is 0. The van der Waals surface area contributed by atoms with Crippen LogP contribution < -0.4 is 21.3 Å². The maximum absolute atomic E-state index is 14.3. The van der Waals surface area contributed by atoms with Gasteiger partial charge < -0.3 is 26.2 Å². The van der Waals surface area contributed by atoms with Crippen LogP contribution in [-0.2, 0) is 29.0 Å². The summed E-state index contributed by atoms with van der Waals surface area (Å²) in [4.78, 5) is 68.8. The Kier molecular flexibility index (Phi) is 12.0. The van der Waals surface area contributed by atoms with Crippen molar-refractivity contribution in [3.63, 3.8) is 0 Å². The van der Waals surface area contributed by atoms with Crippen molar-refractivity contribution < 1.29 is 32.4 Å². The molecule has 0 aromatic heterocycles. The minimum atomic E-state index is -3.40. The van der Waals surface area contributed by atoms with E-state index < -0.39 is 68.5 Å². The third-order valence-electron chi connectivity index (χ3n) is 10.1. The van der Waals surface area contributed by atoms with Crippen molar-refractivity contribution in [3.05, 3.63) is 12.7 Å². The standard InChI is InChI=1S/C34H53N5O7S/c1-9-12-16-23(26(40)29(42)35-19-10-2)36-28(41)25-24-22(33(24,7)8)20-39(25)30(43)27(32(4,5)6)37-31(44)38-34(17-14-13-15-18-34)21-47(45,46)11-3/h1,10,22-25,27H,2,11-21H2,3-8H3,(H,35,42)(H,36,41)(H2,37,38,44)/t22?,23?,24-,25+,27-/m1/s1. The van der Waals surface area contributed by atoms with Crippen LogP contribution in [0.1, 0.15) is 86.5 Å². The zero-order valence-electron chi connectivity index (χ0n) is 28.7. The van der Waals surface area contributed by atoms with Crippen molar-refractivity contribution in [2.45, 2.75) is 110 Å². The van der Waals surface area contributed by atoms with Gasteiger partial charge in [-0.3, -0.25) is 19.2 Å². The number of fused-ring (bicyclic) bond motifs is 1. The third-order valence-corrected chi connectivity index (χ3v) is 12.0. The highest BCUT2D eigenvalue weighted by Crippen LogP contribution is 2.65. The van der Waals surface area contributed by atoms with Gasteiger partial charge in [-0.25, -0.2) is 13.2 Å². The molecule has 12 nitrogen and oxygen atoms in total. The normalized spacial score (nSPS) is 24.0. The molecule has 0 spiro atoms. The lowest BCUT2D eigenvalue weighted by Gasteiger charge is -2.40. The number of nitrogens with one attached hydrogen (secondary N) is 4. The molecule has 0 bridgehead atoms. The molecule has 1 heterocycles. The molecule has 262 valence electrons. The highest BCUT2D eigenvalue weighted by molar-refractivity contribution is 7.91. The Balaban J connectivity index is 1.85. The first-order chi connectivity index (χ1) is 21.8. The number of terminal acetylenes is 1. The molecule has 13 heteroatoms. The number of hydrogen-bond donors (Lipinski definition) is 4. The molecule has 5 atom stereocenters. The number of nitrogens with zero attached hydrogens (tertiary/aromatic N) is 1. The van der Waals surface area contributed by atoms with Crippen LogP contribution in [-0.4, -0.2) is 91.1 Å².